The minimum absolute atomic E-state index is 0.0135. The van der Waals surface area contributed by atoms with Crippen molar-refractivity contribution in [3.63, 3.8) is 0 Å². The van der Waals surface area contributed by atoms with Gasteiger partial charge in [-0.15, -0.1) is 0 Å². The number of hydrogen-bond donors (Lipinski definition) is 1. The Morgan fingerprint density at radius 2 is 1.68 bits per heavy atom. The lowest BCUT2D eigenvalue weighted by molar-refractivity contribution is -0.139. The maximum atomic E-state index is 14.0. The number of amides is 2. The van der Waals surface area contributed by atoms with E-state index < -0.39 is 28.5 Å². The first-order valence-corrected chi connectivity index (χ1v) is 15.0. The third-order valence-corrected chi connectivity index (χ3v) is 8.53. The Balaban J connectivity index is 2.07. The van der Waals surface area contributed by atoms with Gasteiger partial charge >= 0.3 is 0 Å². The molecule has 214 valence electrons. The predicted octanol–water partition coefficient (Wildman–Crippen LogP) is 4.84. The molecule has 3 aromatic rings. The molecule has 1 unspecified atom stereocenters. The molecule has 0 radical (unpaired) electrons. The Hall–Kier alpha value is -3.56. The third-order valence-electron chi connectivity index (χ3n) is 6.52. The molecular weight excluding hydrogens is 550 g/mol. The maximum absolute atomic E-state index is 14.0. The summed E-state index contributed by atoms with van der Waals surface area (Å²) in [7, 11) is -2.82. The van der Waals surface area contributed by atoms with Crippen LogP contribution in [-0.4, -0.2) is 57.9 Å². The Morgan fingerprint density at radius 1 is 1.00 bits per heavy atom. The molecular formula is C30H36ClN3O5S. The minimum Gasteiger partial charge on any atom is -0.495 e. The second-order valence-corrected chi connectivity index (χ2v) is 11.6. The molecule has 1 atom stereocenters. The van der Waals surface area contributed by atoms with Crippen molar-refractivity contribution in [2.24, 2.45) is 0 Å². The van der Waals surface area contributed by atoms with Crippen LogP contribution in [0.15, 0.2) is 77.7 Å². The van der Waals surface area contributed by atoms with Gasteiger partial charge in [0.2, 0.25) is 11.8 Å². The van der Waals surface area contributed by atoms with Crippen molar-refractivity contribution in [3.8, 4) is 5.75 Å². The molecule has 0 bridgehead atoms. The largest absolute Gasteiger partial charge is 0.495 e. The molecule has 0 saturated heterocycles. The number of hydrogen-bond acceptors (Lipinski definition) is 5. The van der Waals surface area contributed by atoms with Crippen molar-refractivity contribution < 1.29 is 22.7 Å². The molecule has 1 N–H and O–H groups in total. The Bertz CT molecular complexity index is 1400. The average molecular weight is 586 g/mol. The van der Waals surface area contributed by atoms with Crippen LogP contribution in [0, 0.1) is 6.92 Å². The van der Waals surface area contributed by atoms with Crippen molar-refractivity contribution in [2.75, 3.05) is 31.0 Å². The number of carbonyl (C=O) groups is 2. The second kappa shape index (κ2) is 14.2. The zero-order chi connectivity index (χ0) is 29.3. The van der Waals surface area contributed by atoms with Crippen LogP contribution in [-0.2, 0) is 26.0 Å². The fraction of sp³-hybridized carbons (Fsp3) is 0.333. The maximum Gasteiger partial charge on any atom is 0.264 e. The van der Waals surface area contributed by atoms with Gasteiger partial charge in [0.15, 0.2) is 0 Å². The molecule has 2 amide bonds. The van der Waals surface area contributed by atoms with E-state index in [-0.39, 0.29) is 33.8 Å². The van der Waals surface area contributed by atoms with Crippen LogP contribution in [0.1, 0.15) is 31.4 Å². The SMILES string of the molecule is CCNC(=O)C(CC)N(CCc1ccccc1)C(=O)CN(c1cc(Cl)ccc1OC)S(=O)(=O)c1ccc(C)cc1. The van der Waals surface area contributed by atoms with Gasteiger partial charge in [0.1, 0.15) is 18.3 Å². The standard InChI is InChI=1S/C30H36ClN3O5S/c1-5-26(30(36)32-6-2)33(19-18-23-10-8-7-9-11-23)29(35)21-34(27-20-24(31)14-17-28(27)39-4)40(37,38)25-15-12-22(3)13-16-25/h7-17,20,26H,5-6,18-19,21H2,1-4H3,(H,32,36). The number of anilines is 1. The summed E-state index contributed by atoms with van der Waals surface area (Å²) < 4.78 is 34.5. The quantitative estimate of drug-likeness (QED) is 0.310. The predicted molar refractivity (Wildman–Crippen MR) is 158 cm³/mol. The zero-order valence-corrected chi connectivity index (χ0v) is 24.8. The van der Waals surface area contributed by atoms with Crippen LogP contribution in [0.2, 0.25) is 5.02 Å². The monoisotopic (exact) mass is 585 g/mol. The van der Waals surface area contributed by atoms with Crippen LogP contribution in [0.5, 0.6) is 5.75 Å². The molecule has 0 aromatic heterocycles. The number of ether oxygens (including phenoxy) is 1. The molecule has 3 rings (SSSR count). The number of methoxy groups -OCH3 is 1. The van der Waals surface area contributed by atoms with E-state index in [0.29, 0.717) is 19.4 Å². The summed E-state index contributed by atoms with van der Waals surface area (Å²) in [5, 5.41) is 3.08. The van der Waals surface area contributed by atoms with Gasteiger partial charge in [-0.1, -0.05) is 66.6 Å². The van der Waals surface area contributed by atoms with Crippen LogP contribution >= 0.6 is 11.6 Å². The highest BCUT2D eigenvalue weighted by Gasteiger charge is 2.34. The van der Waals surface area contributed by atoms with E-state index in [0.717, 1.165) is 15.4 Å². The van der Waals surface area contributed by atoms with Crippen LogP contribution in [0.25, 0.3) is 0 Å². The molecule has 40 heavy (non-hydrogen) atoms. The minimum atomic E-state index is -4.23. The van der Waals surface area contributed by atoms with Gasteiger partial charge in [-0.2, -0.15) is 0 Å². The van der Waals surface area contributed by atoms with Gasteiger partial charge in [0, 0.05) is 18.1 Å². The topological polar surface area (TPSA) is 96.0 Å². The number of nitrogens with one attached hydrogen (secondary N) is 1. The summed E-state index contributed by atoms with van der Waals surface area (Å²) in [6, 6.07) is 19.8. The van der Waals surface area contributed by atoms with Crippen molar-refractivity contribution in [1.29, 1.82) is 0 Å². The number of benzene rings is 3. The Kier molecular flexibility index (Phi) is 11.0. The molecule has 0 aliphatic carbocycles. The number of nitrogens with zero attached hydrogens (tertiary/aromatic N) is 2. The molecule has 3 aromatic carbocycles. The average Bonchev–Trinajstić information content (AvgIpc) is 2.94. The van der Waals surface area contributed by atoms with E-state index in [4.69, 9.17) is 16.3 Å². The molecule has 0 aliphatic rings. The number of sulfonamides is 1. The van der Waals surface area contributed by atoms with Gasteiger partial charge in [-0.3, -0.25) is 13.9 Å². The summed E-state index contributed by atoms with van der Waals surface area (Å²) >= 11 is 6.28. The third kappa shape index (κ3) is 7.55. The zero-order valence-electron chi connectivity index (χ0n) is 23.3. The lowest BCUT2D eigenvalue weighted by Crippen LogP contribution is -2.53. The van der Waals surface area contributed by atoms with Gasteiger partial charge in [-0.05, 0) is 62.6 Å². The summed E-state index contributed by atoms with van der Waals surface area (Å²) in [6.45, 7) is 5.56. The fourth-order valence-corrected chi connectivity index (χ4v) is 5.98. The number of rotatable bonds is 13. The molecule has 0 heterocycles. The van der Waals surface area contributed by atoms with Crippen molar-refractivity contribution in [1.82, 2.24) is 10.2 Å². The number of likely N-dealkylation sites (N-methyl/N-ethyl adjacent to an activating group) is 1. The number of aryl methyl sites for hydroxylation is 1. The number of carbonyl (C=O) groups excluding carboxylic acids is 2. The molecule has 0 fully saturated rings. The smallest absolute Gasteiger partial charge is 0.264 e. The van der Waals surface area contributed by atoms with Gasteiger partial charge in [0.05, 0.1) is 17.7 Å². The van der Waals surface area contributed by atoms with E-state index >= 15 is 0 Å². The molecule has 10 heteroatoms. The Labute approximate surface area is 241 Å². The first-order chi connectivity index (χ1) is 19.1. The van der Waals surface area contributed by atoms with E-state index in [2.05, 4.69) is 5.32 Å². The molecule has 0 spiro atoms. The van der Waals surface area contributed by atoms with Crippen molar-refractivity contribution in [2.45, 2.75) is 44.6 Å². The second-order valence-electron chi connectivity index (χ2n) is 9.28. The van der Waals surface area contributed by atoms with E-state index in [1.807, 2.05) is 51.1 Å². The first kappa shape index (κ1) is 31.0. The van der Waals surface area contributed by atoms with Crippen molar-refractivity contribution in [3.05, 3.63) is 88.9 Å². The normalized spacial score (nSPS) is 11.9. The van der Waals surface area contributed by atoms with Crippen LogP contribution < -0.4 is 14.4 Å². The first-order valence-electron chi connectivity index (χ1n) is 13.2. The highest BCUT2D eigenvalue weighted by atomic mass is 35.5. The Morgan fingerprint density at radius 3 is 2.27 bits per heavy atom. The van der Waals surface area contributed by atoms with E-state index in [1.165, 1.54) is 30.2 Å². The van der Waals surface area contributed by atoms with Gasteiger partial charge in [-0.25, -0.2) is 8.42 Å². The molecule has 0 aliphatic heterocycles. The lowest BCUT2D eigenvalue weighted by atomic mass is 10.1. The van der Waals surface area contributed by atoms with Crippen molar-refractivity contribution >= 4 is 39.1 Å². The lowest BCUT2D eigenvalue weighted by Gasteiger charge is -2.33. The van der Waals surface area contributed by atoms with E-state index in [1.54, 1.807) is 24.3 Å². The summed E-state index contributed by atoms with van der Waals surface area (Å²) in [6.07, 6.45) is 0.852. The number of halogens is 1. The van der Waals surface area contributed by atoms with Gasteiger partial charge < -0.3 is 15.0 Å². The summed E-state index contributed by atoms with van der Waals surface area (Å²) in [4.78, 5) is 28.5. The van der Waals surface area contributed by atoms with Gasteiger partial charge in [0.25, 0.3) is 10.0 Å². The van der Waals surface area contributed by atoms with Crippen LogP contribution in [0.4, 0.5) is 5.69 Å². The highest BCUT2D eigenvalue weighted by molar-refractivity contribution is 7.92. The summed E-state index contributed by atoms with van der Waals surface area (Å²) in [5.74, 6) is -0.578. The fourth-order valence-electron chi connectivity index (χ4n) is 4.40. The molecule has 0 saturated carbocycles. The molecule has 8 nitrogen and oxygen atoms in total. The van der Waals surface area contributed by atoms with Crippen LogP contribution in [0.3, 0.4) is 0 Å². The van der Waals surface area contributed by atoms with E-state index in [9.17, 15) is 18.0 Å². The highest BCUT2D eigenvalue weighted by Crippen LogP contribution is 2.35. The summed E-state index contributed by atoms with van der Waals surface area (Å²) in [5.41, 5.74) is 2.01.